The molecule has 140 valence electrons. The molecule has 0 bridgehead atoms. The molecule has 0 amide bonds. The van der Waals surface area contributed by atoms with Gasteiger partial charge >= 0.3 is 11.9 Å². The minimum atomic E-state index is -1.47. The van der Waals surface area contributed by atoms with Gasteiger partial charge < -0.3 is 10.2 Å². The first-order chi connectivity index (χ1) is 13.4. The number of hydrogen-bond acceptors (Lipinski definition) is 4. The van der Waals surface area contributed by atoms with Crippen molar-refractivity contribution in [3.63, 3.8) is 0 Å². The highest BCUT2D eigenvalue weighted by atomic mass is 35.5. The first-order valence-electron chi connectivity index (χ1n) is 8.06. The lowest BCUT2D eigenvalue weighted by Crippen LogP contribution is -2.15. The van der Waals surface area contributed by atoms with Crippen molar-refractivity contribution in [3.8, 4) is 5.69 Å². The smallest absolute Gasteiger partial charge is 0.357 e. The van der Waals surface area contributed by atoms with E-state index in [1.54, 1.807) is 18.2 Å². The van der Waals surface area contributed by atoms with E-state index in [1.165, 1.54) is 28.8 Å². The number of aromatic carboxylic acids is 2. The second-order valence-electron chi connectivity index (χ2n) is 5.98. The van der Waals surface area contributed by atoms with E-state index in [2.05, 4.69) is 9.98 Å². The number of carboxylic acids is 2. The van der Waals surface area contributed by atoms with Crippen LogP contribution in [-0.2, 0) is 6.54 Å². The van der Waals surface area contributed by atoms with Crippen molar-refractivity contribution in [1.29, 1.82) is 0 Å². The molecular weight excluding hydrogens is 389 g/mol. The Morgan fingerprint density at radius 3 is 2.50 bits per heavy atom. The Labute approximate surface area is 162 Å². The zero-order valence-electron chi connectivity index (χ0n) is 14.1. The third-order valence-electron chi connectivity index (χ3n) is 4.31. The summed E-state index contributed by atoms with van der Waals surface area (Å²) in [4.78, 5) is 31.6. The molecule has 0 unspecified atom stereocenters. The molecule has 7 nitrogen and oxygen atoms in total. The van der Waals surface area contributed by atoms with Gasteiger partial charge in [0.05, 0.1) is 17.9 Å². The number of hydrogen-bond donors (Lipinski definition) is 2. The van der Waals surface area contributed by atoms with Crippen molar-refractivity contribution in [1.82, 2.24) is 9.55 Å². The maximum atomic E-state index is 14.4. The zero-order valence-corrected chi connectivity index (χ0v) is 14.8. The zero-order chi connectivity index (χ0) is 20.0. The molecule has 0 saturated carbocycles. The summed E-state index contributed by atoms with van der Waals surface area (Å²) in [7, 11) is 0. The summed E-state index contributed by atoms with van der Waals surface area (Å²) in [5, 5.41) is 19.3. The van der Waals surface area contributed by atoms with Crippen LogP contribution in [0, 0.1) is 5.82 Å². The van der Waals surface area contributed by atoms with Gasteiger partial charge in [0.15, 0.2) is 11.4 Å². The van der Waals surface area contributed by atoms with Crippen LogP contribution in [0.5, 0.6) is 0 Å². The average Bonchev–Trinajstić information content (AvgIpc) is 2.96. The number of fused-ring (bicyclic) bond motifs is 3. The van der Waals surface area contributed by atoms with Crippen LogP contribution in [-0.4, -0.2) is 37.4 Å². The van der Waals surface area contributed by atoms with Crippen LogP contribution in [0.15, 0.2) is 47.5 Å². The Balaban J connectivity index is 2.06. The average molecular weight is 400 g/mol. The highest BCUT2D eigenvalue weighted by molar-refractivity contribution is 6.31. The summed E-state index contributed by atoms with van der Waals surface area (Å²) in [6, 6.07) is 10.6. The molecule has 0 atom stereocenters. The molecule has 1 aromatic heterocycles. The first-order valence-corrected chi connectivity index (χ1v) is 8.44. The first kappa shape index (κ1) is 17.9. The normalized spacial score (nSPS) is 12.6. The van der Waals surface area contributed by atoms with Gasteiger partial charge in [0.25, 0.3) is 0 Å². The van der Waals surface area contributed by atoms with Gasteiger partial charge in [-0.15, -0.1) is 0 Å². The molecule has 2 heterocycles. The van der Waals surface area contributed by atoms with Crippen molar-refractivity contribution < 1.29 is 24.2 Å². The summed E-state index contributed by atoms with van der Waals surface area (Å²) in [6.45, 7) is -0.135. The minimum Gasteiger partial charge on any atom is -0.476 e. The van der Waals surface area contributed by atoms with E-state index < -0.39 is 29.1 Å². The Kier molecular flexibility index (Phi) is 4.20. The maximum absolute atomic E-state index is 14.4. The van der Waals surface area contributed by atoms with Gasteiger partial charge in [-0.1, -0.05) is 23.7 Å². The molecular formula is C19H11ClFN3O4. The molecule has 1 aliphatic rings. The summed E-state index contributed by atoms with van der Waals surface area (Å²) < 4.78 is 15.6. The standard InChI is InChI=1S/C19H11ClFN3O4/c20-9-5-6-13-11(7-9)15(10-3-1-2-4-12(10)21)22-8-14-23-16(18(25)26)17(19(27)28)24(13)14/h1-7H,8H2,(H,25,26)(H,27,28). The number of aromatic nitrogens is 2. The Hall–Kier alpha value is -3.52. The summed E-state index contributed by atoms with van der Waals surface area (Å²) in [5.74, 6) is -3.31. The van der Waals surface area contributed by atoms with E-state index in [-0.39, 0.29) is 23.6 Å². The van der Waals surface area contributed by atoms with Gasteiger partial charge in [-0.25, -0.2) is 19.0 Å². The fourth-order valence-electron chi connectivity index (χ4n) is 3.19. The van der Waals surface area contributed by atoms with Crippen molar-refractivity contribution in [2.24, 2.45) is 4.99 Å². The second-order valence-corrected chi connectivity index (χ2v) is 6.41. The highest BCUT2D eigenvalue weighted by Crippen LogP contribution is 2.30. The number of carboxylic acid groups (broad SMARTS) is 2. The summed E-state index contributed by atoms with van der Waals surface area (Å²) in [6.07, 6.45) is 0. The Morgan fingerprint density at radius 2 is 1.82 bits per heavy atom. The van der Waals surface area contributed by atoms with E-state index in [1.807, 2.05) is 0 Å². The molecule has 0 fully saturated rings. The molecule has 4 rings (SSSR count). The van der Waals surface area contributed by atoms with E-state index in [4.69, 9.17) is 11.6 Å². The molecule has 9 heteroatoms. The molecule has 0 spiro atoms. The number of imidazole rings is 1. The lowest BCUT2D eigenvalue weighted by atomic mass is 10.00. The minimum absolute atomic E-state index is 0.115. The van der Waals surface area contributed by atoms with Crippen molar-refractivity contribution in [2.75, 3.05) is 0 Å². The van der Waals surface area contributed by atoms with E-state index in [9.17, 15) is 24.2 Å². The van der Waals surface area contributed by atoms with Gasteiger partial charge in [-0.05, 0) is 30.3 Å². The monoisotopic (exact) mass is 399 g/mol. The highest BCUT2D eigenvalue weighted by Gasteiger charge is 2.31. The van der Waals surface area contributed by atoms with E-state index >= 15 is 0 Å². The molecule has 2 aromatic carbocycles. The quantitative estimate of drug-likeness (QED) is 0.702. The molecule has 28 heavy (non-hydrogen) atoms. The Morgan fingerprint density at radius 1 is 1.07 bits per heavy atom. The van der Waals surface area contributed by atoms with E-state index in [0.29, 0.717) is 16.3 Å². The number of rotatable bonds is 3. The molecule has 0 radical (unpaired) electrons. The Bertz CT molecular complexity index is 1190. The number of halogens is 2. The third-order valence-corrected chi connectivity index (χ3v) is 4.55. The van der Waals surface area contributed by atoms with Crippen LogP contribution in [0.1, 0.15) is 37.9 Å². The van der Waals surface area contributed by atoms with Crippen molar-refractivity contribution >= 4 is 29.3 Å². The number of carbonyl (C=O) groups is 2. The van der Waals surface area contributed by atoms with E-state index in [0.717, 1.165) is 0 Å². The van der Waals surface area contributed by atoms with Crippen LogP contribution in [0.4, 0.5) is 4.39 Å². The van der Waals surface area contributed by atoms with Crippen molar-refractivity contribution in [3.05, 3.63) is 81.6 Å². The summed E-state index contributed by atoms with van der Waals surface area (Å²) in [5.41, 5.74) is 0.0647. The molecule has 0 aliphatic carbocycles. The van der Waals surface area contributed by atoms with Crippen LogP contribution in [0.2, 0.25) is 5.02 Å². The topological polar surface area (TPSA) is 105 Å². The van der Waals surface area contributed by atoms with Crippen molar-refractivity contribution in [2.45, 2.75) is 6.54 Å². The fourth-order valence-corrected chi connectivity index (χ4v) is 3.36. The van der Waals surface area contributed by atoms with Crippen LogP contribution in [0.3, 0.4) is 0 Å². The van der Waals surface area contributed by atoms with Crippen LogP contribution < -0.4 is 0 Å². The number of benzene rings is 2. The van der Waals surface area contributed by atoms with Gasteiger partial charge in [-0.3, -0.25) is 9.56 Å². The van der Waals surface area contributed by atoms with Gasteiger partial charge in [0.2, 0.25) is 0 Å². The molecule has 1 aliphatic heterocycles. The molecule has 0 saturated heterocycles. The lowest BCUT2D eigenvalue weighted by Gasteiger charge is -2.14. The summed E-state index contributed by atoms with van der Waals surface area (Å²) >= 11 is 6.12. The van der Waals surface area contributed by atoms with Crippen LogP contribution >= 0.6 is 11.6 Å². The van der Waals surface area contributed by atoms with Gasteiger partial charge in [0, 0.05) is 16.1 Å². The molecule has 3 aromatic rings. The second kappa shape index (κ2) is 6.58. The number of nitrogens with zero attached hydrogens (tertiary/aromatic N) is 3. The third kappa shape index (κ3) is 2.74. The largest absolute Gasteiger partial charge is 0.476 e. The maximum Gasteiger partial charge on any atom is 0.357 e. The number of aliphatic imine (C=N–C) groups is 1. The van der Waals surface area contributed by atoms with Crippen LogP contribution in [0.25, 0.3) is 5.69 Å². The molecule has 2 N–H and O–H groups in total. The van der Waals surface area contributed by atoms with Gasteiger partial charge in [-0.2, -0.15) is 0 Å². The predicted octanol–water partition coefficient (Wildman–Crippen LogP) is 3.41. The predicted molar refractivity (Wildman–Crippen MR) is 98.2 cm³/mol. The lowest BCUT2D eigenvalue weighted by molar-refractivity contribution is 0.0642. The van der Waals surface area contributed by atoms with Gasteiger partial charge in [0.1, 0.15) is 11.6 Å². The fraction of sp³-hybridized carbons (Fsp3) is 0.0526. The SMILES string of the molecule is O=C(O)c1nc2n(c1C(=O)O)-c1ccc(Cl)cc1C(c1ccccc1F)=NC2.